The number of hydrogen-bond acceptors (Lipinski definition) is 4. The Morgan fingerprint density at radius 1 is 1.03 bits per heavy atom. The van der Waals surface area contributed by atoms with Crippen LogP contribution in [0, 0.1) is 6.92 Å². The second-order valence-electron chi connectivity index (χ2n) is 7.63. The van der Waals surface area contributed by atoms with Gasteiger partial charge in [-0.05, 0) is 49.6 Å². The lowest BCUT2D eigenvalue weighted by molar-refractivity contribution is 0.0945. The number of benzene rings is 1. The Hall–Kier alpha value is -3.93. The van der Waals surface area contributed by atoms with Crippen LogP contribution in [0.5, 0.6) is 0 Å². The van der Waals surface area contributed by atoms with Crippen LogP contribution in [-0.4, -0.2) is 15.5 Å². The summed E-state index contributed by atoms with van der Waals surface area (Å²) in [5.74, 6) is 0.231. The fourth-order valence-corrected chi connectivity index (χ4v) is 3.78. The van der Waals surface area contributed by atoms with Gasteiger partial charge in [-0.25, -0.2) is 0 Å². The number of hydrogen-bond donors (Lipinski definition) is 1. The van der Waals surface area contributed by atoms with E-state index in [1.165, 1.54) is 6.07 Å². The molecule has 3 aromatic heterocycles. The van der Waals surface area contributed by atoms with Gasteiger partial charge >= 0.3 is 0 Å². The Kier molecular flexibility index (Phi) is 6.60. The summed E-state index contributed by atoms with van der Waals surface area (Å²) < 4.78 is 7.32. The summed E-state index contributed by atoms with van der Waals surface area (Å²) in [4.78, 5) is 30.5. The van der Waals surface area contributed by atoms with Gasteiger partial charge in [0, 0.05) is 23.7 Å². The SMILES string of the molecule is Cc1cc(=O)c(C(=O)NCc2ccco2)c(CCc2ccccc2)n1Cc1ccccn1. The number of carbonyl (C=O) groups is 1. The van der Waals surface area contributed by atoms with Crippen molar-refractivity contribution in [3.8, 4) is 0 Å². The molecular formula is C26H25N3O3. The van der Waals surface area contributed by atoms with Gasteiger partial charge in [-0.3, -0.25) is 14.6 Å². The molecule has 0 unspecified atom stereocenters. The van der Waals surface area contributed by atoms with Crippen LogP contribution in [0.25, 0.3) is 0 Å². The van der Waals surface area contributed by atoms with E-state index in [0.29, 0.717) is 30.8 Å². The average Bonchev–Trinajstić information content (AvgIpc) is 3.33. The molecule has 32 heavy (non-hydrogen) atoms. The highest BCUT2D eigenvalue weighted by Crippen LogP contribution is 2.15. The molecule has 0 radical (unpaired) electrons. The normalized spacial score (nSPS) is 10.8. The zero-order valence-corrected chi connectivity index (χ0v) is 18.0. The Labute approximate surface area is 186 Å². The van der Waals surface area contributed by atoms with Gasteiger partial charge in [0.05, 0.1) is 25.0 Å². The molecule has 6 heteroatoms. The molecule has 0 fully saturated rings. The van der Waals surface area contributed by atoms with Crippen molar-refractivity contribution in [2.45, 2.75) is 32.9 Å². The number of amides is 1. The molecule has 0 aliphatic heterocycles. The molecule has 0 spiro atoms. The molecule has 1 N–H and O–H groups in total. The third kappa shape index (κ3) is 5.03. The maximum absolute atomic E-state index is 13.1. The van der Waals surface area contributed by atoms with Gasteiger partial charge in [0.2, 0.25) is 0 Å². The molecule has 0 aliphatic rings. The number of nitrogens with one attached hydrogen (secondary N) is 1. The van der Waals surface area contributed by atoms with Crippen LogP contribution in [0.4, 0.5) is 0 Å². The van der Waals surface area contributed by atoms with Gasteiger partial charge < -0.3 is 14.3 Å². The van der Waals surface area contributed by atoms with Crippen LogP contribution in [0.2, 0.25) is 0 Å². The number of aromatic nitrogens is 2. The third-order valence-electron chi connectivity index (χ3n) is 5.40. The fraction of sp³-hybridized carbons (Fsp3) is 0.192. The molecule has 1 amide bonds. The summed E-state index contributed by atoms with van der Waals surface area (Å²) in [7, 11) is 0. The predicted molar refractivity (Wildman–Crippen MR) is 123 cm³/mol. The molecule has 0 saturated heterocycles. The highest BCUT2D eigenvalue weighted by molar-refractivity contribution is 5.95. The first-order valence-corrected chi connectivity index (χ1v) is 10.6. The van der Waals surface area contributed by atoms with Crippen LogP contribution in [0.1, 0.15) is 38.8 Å². The van der Waals surface area contributed by atoms with E-state index in [1.54, 1.807) is 24.6 Å². The summed E-state index contributed by atoms with van der Waals surface area (Å²) in [6.07, 6.45) is 4.56. The minimum Gasteiger partial charge on any atom is -0.467 e. The molecule has 0 aliphatic carbocycles. The fourth-order valence-electron chi connectivity index (χ4n) is 3.78. The van der Waals surface area contributed by atoms with Gasteiger partial charge in [-0.15, -0.1) is 0 Å². The minimum absolute atomic E-state index is 0.175. The highest BCUT2D eigenvalue weighted by Gasteiger charge is 2.21. The van der Waals surface area contributed by atoms with Gasteiger partial charge in [0.15, 0.2) is 5.43 Å². The number of rotatable bonds is 8. The van der Waals surface area contributed by atoms with Crippen molar-refractivity contribution in [2.24, 2.45) is 0 Å². The Balaban J connectivity index is 1.71. The van der Waals surface area contributed by atoms with Crippen molar-refractivity contribution < 1.29 is 9.21 Å². The Morgan fingerprint density at radius 3 is 2.56 bits per heavy atom. The molecule has 4 rings (SSSR count). The van der Waals surface area contributed by atoms with Gasteiger partial charge in [-0.1, -0.05) is 36.4 Å². The average molecular weight is 428 g/mol. The second kappa shape index (κ2) is 9.92. The lowest BCUT2D eigenvalue weighted by Crippen LogP contribution is -2.33. The zero-order chi connectivity index (χ0) is 22.3. The van der Waals surface area contributed by atoms with E-state index in [1.807, 2.05) is 60.0 Å². The number of furan rings is 1. The molecular weight excluding hydrogens is 402 g/mol. The van der Waals surface area contributed by atoms with E-state index in [9.17, 15) is 9.59 Å². The predicted octanol–water partition coefficient (Wildman–Crippen LogP) is 3.91. The van der Waals surface area contributed by atoms with Crippen LogP contribution >= 0.6 is 0 Å². The second-order valence-corrected chi connectivity index (χ2v) is 7.63. The summed E-state index contributed by atoms with van der Waals surface area (Å²) >= 11 is 0. The standard InChI is InChI=1S/C26H25N3O3/c1-19-16-24(30)25(26(31)28-17-22-11-7-15-32-22)23(13-12-20-8-3-2-4-9-20)29(19)18-21-10-5-6-14-27-21/h2-11,14-16H,12-13,17-18H2,1H3,(H,28,31). The summed E-state index contributed by atoms with van der Waals surface area (Å²) in [6, 6.07) is 20.9. The minimum atomic E-state index is -0.399. The van der Waals surface area contributed by atoms with Crippen molar-refractivity contribution in [3.63, 3.8) is 0 Å². The van der Waals surface area contributed by atoms with E-state index in [0.717, 1.165) is 17.0 Å². The summed E-state index contributed by atoms with van der Waals surface area (Å²) in [5.41, 5.74) is 3.41. The molecule has 4 aromatic rings. The Bertz CT molecular complexity index is 1230. The van der Waals surface area contributed by atoms with E-state index >= 15 is 0 Å². The molecule has 0 bridgehead atoms. The molecule has 6 nitrogen and oxygen atoms in total. The summed E-state index contributed by atoms with van der Waals surface area (Å²) in [6.45, 7) is 2.59. The first-order chi connectivity index (χ1) is 15.6. The maximum Gasteiger partial charge on any atom is 0.257 e. The van der Waals surface area contributed by atoms with E-state index in [4.69, 9.17) is 4.42 Å². The van der Waals surface area contributed by atoms with Crippen LogP contribution in [0.3, 0.4) is 0 Å². The van der Waals surface area contributed by atoms with Crippen molar-refractivity contribution in [3.05, 3.63) is 123 Å². The molecule has 0 saturated carbocycles. The number of aryl methyl sites for hydroxylation is 2. The third-order valence-corrected chi connectivity index (χ3v) is 5.40. The molecule has 162 valence electrons. The summed E-state index contributed by atoms with van der Waals surface area (Å²) in [5, 5.41) is 2.83. The van der Waals surface area contributed by atoms with Gasteiger partial charge in [-0.2, -0.15) is 0 Å². The van der Waals surface area contributed by atoms with Crippen molar-refractivity contribution >= 4 is 5.91 Å². The lowest BCUT2D eigenvalue weighted by atomic mass is 10.0. The van der Waals surface area contributed by atoms with Crippen molar-refractivity contribution in [1.82, 2.24) is 14.9 Å². The first kappa shape index (κ1) is 21.3. The lowest BCUT2D eigenvalue weighted by Gasteiger charge is -2.20. The van der Waals surface area contributed by atoms with Crippen molar-refractivity contribution in [2.75, 3.05) is 0 Å². The topological polar surface area (TPSA) is 77.1 Å². The highest BCUT2D eigenvalue weighted by atomic mass is 16.3. The van der Waals surface area contributed by atoms with E-state index in [-0.39, 0.29) is 17.5 Å². The van der Waals surface area contributed by atoms with Gasteiger partial charge in [0.1, 0.15) is 11.3 Å². The quantitative estimate of drug-likeness (QED) is 0.463. The molecule has 0 atom stereocenters. The molecule has 3 heterocycles. The maximum atomic E-state index is 13.1. The zero-order valence-electron chi connectivity index (χ0n) is 18.0. The molecule has 1 aromatic carbocycles. The van der Waals surface area contributed by atoms with Gasteiger partial charge in [0.25, 0.3) is 5.91 Å². The van der Waals surface area contributed by atoms with Crippen molar-refractivity contribution in [1.29, 1.82) is 0 Å². The number of carbonyl (C=O) groups excluding carboxylic acids is 1. The number of nitrogens with zero attached hydrogens (tertiary/aromatic N) is 2. The van der Waals surface area contributed by atoms with E-state index < -0.39 is 5.91 Å². The largest absolute Gasteiger partial charge is 0.467 e. The smallest absolute Gasteiger partial charge is 0.257 e. The number of pyridine rings is 2. The van der Waals surface area contributed by atoms with Crippen LogP contribution in [-0.2, 0) is 25.9 Å². The monoisotopic (exact) mass is 427 g/mol. The van der Waals surface area contributed by atoms with Crippen LogP contribution < -0.4 is 10.7 Å². The first-order valence-electron chi connectivity index (χ1n) is 10.6. The van der Waals surface area contributed by atoms with E-state index in [2.05, 4.69) is 10.3 Å². The van der Waals surface area contributed by atoms with Crippen LogP contribution in [0.15, 0.2) is 88.4 Å². The Morgan fingerprint density at radius 2 is 1.84 bits per heavy atom.